The van der Waals surface area contributed by atoms with Crippen LogP contribution in [0.5, 0.6) is 0 Å². The average molecular weight is 253 g/mol. The maximum Gasteiger partial charge on any atom is 0.0616 e. The van der Waals surface area contributed by atoms with Gasteiger partial charge in [0, 0.05) is 5.71 Å². The van der Waals surface area contributed by atoms with Crippen molar-refractivity contribution in [2.24, 2.45) is 4.99 Å². The van der Waals surface area contributed by atoms with Crippen LogP contribution in [0.1, 0.15) is 45.7 Å². The number of hydrogen-bond donors (Lipinski definition) is 0. The Morgan fingerprint density at radius 1 is 1.05 bits per heavy atom. The lowest BCUT2D eigenvalue weighted by Gasteiger charge is -2.07. The third-order valence-electron chi connectivity index (χ3n) is 3.17. The SMILES string of the molecule is C=C(C)c1cccc(C(C)=NC(=C/C)/C(C)=C\C)c1. The van der Waals surface area contributed by atoms with Gasteiger partial charge in [-0.2, -0.15) is 0 Å². The van der Waals surface area contributed by atoms with Crippen LogP contribution in [0.2, 0.25) is 0 Å². The van der Waals surface area contributed by atoms with E-state index in [9.17, 15) is 0 Å². The first-order valence-electron chi connectivity index (χ1n) is 6.60. The lowest BCUT2D eigenvalue weighted by atomic mass is 10.0. The van der Waals surface area contributed by atoms with Crippen molar-refractivity contribution in [2.75, 3.05) is 0 Å². The number of nitrogens with zero attached hydrogens (tertiary/aromatic N) is 1. The molecule has 1 nitrogen and oxygen atoms in total. The van der Waals surface area contributed by atoms with E-state index < -0.39 is 0 Å². The van der Waals surface area contributed by atoms with Gasteiger partial charge in [-0.1, -0.05) is 42.5 Å². The lowest BCUT2D eigenvalue weighted by molar-refractivity contribution is 1.25. The summed E-state index contributed by atoms with van der Waals surface area (Å²) in [6.45, 7) is 14.2. The molecule has 0 bridgehead atoms. The van der Waals surface area contributed by atoms with E-state index >= 15 is 0 Å². The molecule has 0 N–H and O–H groups in total. The summed E-state index contributed by atoms with van der Waals surface area (Å²) in [5.74, 6) is 0. The maximum absolute atomic E-state index is 4.72. The highest BCUT2D eigenvalue weighted by atomic mass is 14.8. The summed E-state index contributed by atoms with van der Waals surface area (Å²) in [5, 5.41) is 0. The van der Waals surface area contributed by atoms with E-state index in [-0.39, 0.29) is 0 Å². The molecular weight excluding hydrogens is 230 g/mol. The van der Waals surface area contributed by atoms with Crippen molar-refractivity contribution < 1.29 is 0 Å². The molecule has 0 saturated carbocycles. The summed E-state index contributed by atoms with van der Waals surface area (Å²) in [5.41, 5.74) is 6.63. The Morgan fingerprint density at radius 3 is 2.21 bits per heavy atom. The fourth-order valence-corrected chi connectivity index (χ4v) is 1.78. The zero-order valence-electron chi connectivity index (χ0n) is 12.6. The second-order valence-electron chi connectivity index (χ2n) is 4.70. The number of rotatable bonds is 4. The maximum atomic E-state index is 4.72. The molecule has 0 fully saturated rings. The van der Waals surface area contributed by atoms with Gasteiger partial charge < -0.3 is 0 Å². The van der Waals surface area contributed by atoms with Crippen LogP contribution in [0.15, 0.2) is 59.3 Å². The molecule has 1 rings (SSSR count). The van der Waals surface area contributed by atoms with Gasteiger partial charge in [0.2, 0.25) is 0 Å². The molecule has 19 heavy (non-hydrogen) atoms. The third-order valence-corrected chi connectivity index (χ3v) is 3.17. The van der Waals surface area contributed by atoms with Gasteiger partial charge in [-0.05, 0) is 57.4 Å². The highest BCUT2D eigenvalue weighted by Crippen LogP contribution is 2.16. The van der Waals surface area contributed by atoms with Gasteiger partial charge >= 0.3 is 0 Å². The fraction of sp³-hybridized carbons (Fsp3) is 0.278. The predicted octanol–water partition coefficient (Wildman–Crippen LogP) is 5.40. The summed E-state index contributed by atoms with van der Waals surface area (Å²) in [6, 6.07) is 8.35. The molecule has 0 aliphatic carbocycles. The molecule has 0 saturated heterocycles. The number of aliphatic imine (C=N–C) groups is 1. The highest BCUT2D eigenvalue weighted by Gasteiger charge is 2.02. The van der Waals surface area contributed by atoms with Crippen molar-refractivity contribution in [3.63, 3.8) is 0 Å². The minimum absolute atomic E-state index is 1.03. The standard InChI is InChI=1S/C18H23N/c1-7-14(5)18(8-2)19-15(6)17-11-9-10-16(12-17)13(3)4/h7-12H,3H2,1-2,4-6H3/b14-7-,18-8+,19-15?. The zero-order chi connectivity index (χ0) is 14.4. The summed E-state index contributed by atoms with van der Waals surface area (Å²) < 4.78 is 0. The van der Waals surface area contributed by atoms with E-state index in [0.29, 0.717) is 0 Å². The zero-order valence-corrected chi connectivity index (χ0v) is 12.6. The van der Waals surface area contributed by atoms with Crippen molar-refractivity contribution in [1.82, 2.24) is 0 Å². The van der Waals surface area contributed by atoms with E-state index in [0.717, 1.165) is 28.1 Å². The molecule has 1 aromatic rings. The molecule has 0 atom stereocenters. The molecule has 0 heterocycles. The Morgan fingerprint density at radius 2 is 1.68 bits per heavy atom. The largest absolute Gasteiger partial charge is 0.253 e. The normalized spacial score (nSPS) is 13.6. The Kier molecular flexibility index (Phi) is 5.50. The minimum Gasteiger partial charge on any atom is -0.253 e. The molecule has 100 valence electrons. The number of benzene rings is 1. The molecule has 1 heteroatoms. The molecule has 0 spiro atoms. The van der Waals surface area contributed by atoms with E-state index in [1.807, 2.05) is 33.8 Å². The van der Waals surface area contributed by atoms with Crippen LogP contribution in [-0.4, -0.2) is 5.71 Å². The average Bonchev–Trinajstić information content (AvgIpc) is 2.43. The number of hydrogen-bond acceptors (Lipinski definition) is 1. The Hall–Kier alpha value is -1.89. The van der Waals surface area contributed by atoms with Crippen LogP contribution in [0.4, 0.5) is 0 Å². The van der Waals surface area contributed by atoms with Crippen LogP contribution in [0, 0.1) is 0 Å². The van der Waals surface area contributed by atoms with Crippen molar-refractivity contribution in [1.29, 1.82) is 0 Å². The van der Waals surface area contributed by atoms with Crippen molar-refractivity contribution in [3.8, 4) is 0 Å². The molecule has 1 aromatic carbocycles. The second-order valence-corrected chi connectivity index (χ2v) is 4.70. The third kappa shape index (κ3) is 4.06. The van der Waals surface area contributed by atoms with Gasteiger partial charge in [0.05, 0.1) is 5.70 Å². The van der Waals surface area contributed by atoms with Crippen molar-refractivity contribution in [3.05, 3.63) is 65.4 Å². The summed E-state index contributed by atoms with van der Waals surface area (Å²) in [6.07, 6.45) is 4.12. The van der Waals surface area contributed by atoms with Crippen LogP contribution < -0.4 is 0 Å². The van der Waals surface area contributed by atoms with Crippen LogP contribution in [0.3, 0.4) is 0 Å². The van der Waals surface area contributed by atoms with Crippen molar-refractivity contribution in [2.45, 2.75) is 34.6 Å². The van der Waals surface area contributed by atoms with Gasteiger partial charge in [-0.15, -0.1) is 0 Å². The van der Waals surface area contributed by atoms with E-state index in [2.05, 4.69) is 43.8 Å². The van der Waals surface area contributed by atoms with Crippen LogP contribution in [0.25, 0.3) is 5.57 Å². The quantitative estimate of drug-likeness (QED) is 0.503. The van der Waals surface area contributed by atoms with Gasteiger partial charge in [0.1, 0.15) is 0 Å². The van der Waals surface area contributed by atoms with Gasteiger partial charge in [-0.25, -0.2) is 0 Å². The Balaban J connectivity index is 3.16. The predicted molar refractivity (Wildman–Crippen MR) is 86.5 cm³/mol. The minimum atomic E-state index is 1.03. The fourth-order valence-electron chi connectivity index (χ4n) is 1.78. The van der Waals surface area contributed by atoms with E-state index in [4.69, 9.17) is 4.99 Å². The highest BCUT2D eigenvalue weighted by molar-refractivity contribution is 6.00. The first-order valence-corrected chi connectivity index (χ1v) is 6.60. The Bertz CT molecular complexity index is 557. The summed E-state index contributed by atoms with van der Waals surface area (Å²) >= 11 is 0. The molecular formula is C18H23N. The molecule has 0 amide bonds. The number of allylic oxidation sites excluding steroid dienone is 4. The van der Waals surface area contributed by atoms with Gasteiger partial charge in [0.15, 0.2) is 0 Å². The second kappa shape index (κ2) is 6.89. The molecule has 0 aliphatic heterocycles. The first kappa shape index (κ1) is 15.2. The topological polar surface area (TPSA) is 12.4 Å². The molecule has 0 aliphatic rings. The monoisotopic (exact) mass is 253 g/mol. The van der Waals surface area contributed by atoms with Gasteiger partial charge in [0.25, 0.3) is 0 Å². The van der Waals surface area contributed by atoms with Crippen LogP contribution >= 0.6 is 0 Å². The van der Waals surface area contributed by atoms with Crippen molar-refractivity contribution >= 4 is 11.3 Å². The molecule has 0 aromatic heterocycles. The van der Waals surface area contributed by atoms with Crippen LogP contribution in [-0.2, 0) is 0 Å². The smallest absolute Gasteiger partial charge is 0.0616 e. The van der Waals surface area contributed by atoms with Gasteiger partial charge in [-0.3, -0.25) is 4.99 Å². The lowest BCUT2D eigenvalue weighted by Crippen LogP contribution is -1.97. The van der Waals surface area contributed by atoms with E-state index in [1.54, 1.807) is 0 Å². The van der Waals surface area contributed by atoms with E-state index in [1.165, 1.54) is 5.57 Å². The first-order chi connectivity index (χ1) is 8.99. The molecule has 0 unspecified atom stereocenters. The Labute approximate surface area is 117 Å². The summed E-state index contributed by atoms with van der Waals surface area (Å²) in [4.78, 5) is 4.72. The summed E-state index contributed by atoms with van der Waals surface area (Å²) in [7, 11) is 0. The molecule has 0 radical (unpaired) electrons.